The lowest BCUT2D eigenvalue weighted by atomic mass is 9.99. The molecule has 4 heteroatoms. The van der Waals surface area contributed by atoms with Crippen LogP contribution in [0.5, 0.6) is 0 Å². The Bertz CT molecular complexity index is 872. The van der Waals surface area contributed by atoms with E-state index in [1.165, 1.54) is 0 Å². The number of aromatic amines is 1. The molecule has 2 atom stereocenters. The van der Waals surface area contributed by atoms with Crippen LogP contribution in [0.1, 0.15) is 24.2 Å². The van der Waals surface area contributed by atoms with E-state index in [0.717, 1.165) is 22.0 Å². The largest absolute Gasteiger partial charge is 0.370 e. The summed E-state index contributed by atoms with van der Waals surface area (Å²) in [6.45, 7) is 3.29. The normalized spacial score (nSPS) is 20.8. The first-order chi connectivity index (χ1) is 12.2. The van der Waals surface area contributed by atoms with E-state index in [1.807, 2.05) is 47.5 Å². The third kappa shape index (κ3) is 3.05. The first kappa shape index (κ1) is 15.9. The van der Waals surface area contributed by atoms with Gasteiger partial charge in [0.1, 0.15) is 6.10 Å². The molecule has 1 fully saturated rings. The van der Waals surface area contributed by atoms with Gasteiger partial charge in [0.05, 0.1) is 19.1 Å². The van der Waals surface area contributed by atoms with Gasteiger partial charge in [0.15, 0.2) is 0 Å². The summed E-state index contributed by atoms with van der Waals surface area (Å²) in [5.41, 5.74) is 3.25. The molecule has 0 bridgehead atoms. The molecule has 0 aliphatic carbocycles. The maximum atomic E-state index is 13.0. The second-order valence-electron chi connectivity index (χ2n) is 6.57. The Morgan fingerprint density at radius 3 is 2.76 bits per heavy atom. The van der Waals surface area contributed by atoms with Crippen molar-refractivity contribution in [3.63, 3.8) is 0 Å². The van der Waals surface area contributed by atoms with Crippen LogP contribution >= 0.6 is 0 Å². The van der Waals surface area contributed by atoms with Gasteiger partial charge in [-0.05, 0) is 24.1 Å². The molecule has 25 heavy (non-hydrogen) atoms. The van der Waals surface area contributed by atoms with E-state index in [1.54, 1.807) is 0 Å². The molecule has 2 heterocycles. The van der Waals surface area contributed by atoms with Gasteiger partial charge in [-0.3, -0.25) is 4.79 Å². The Hall–Kier alpha value is -2.59. The van der Waals surface area contributed by atoms with Gasteiger partial charge in [-0.15, -0.1) is 0 Å². The molecule has 1 saturated heterocycles. The molecule has 128 valence electrons. The number of benzene rings is 2. The number of morpholine rings is 1. The third-order valence-electron chi connectivity index (χ3n) is 5.02. The van der Waals surface area contributed by atoms with E-state index in [4.69, 9.17) is 4.74 Å². The van der Waals surface area contributed by atoms with E-state index < -0.39 is 0 Å². The number of rotatable bonds is 3. The average molecular weight is 334 g/mol. The summed E-state index contributed by atoms with van der Waals surface area (Å²) in [4.78, 5) is 18.2. The van der Waals surface area contributed by atoms with Crippen LogP contribution in [0.3, 0.4) is 0 Å². The second-order valence-corrected chi connectivity index (χ2v) is 6.57. The molecule has 4 rings (SSSR count). The number of fused-ring (bicyclic) bond motifs is 1. The lowest BCUT2D eigenvalue weighted by Gasteiger charge is -2.39. The minimum atomic E-state index is -0.0677. The minimum Gasteiger partial charge on any atom is -0.370 e. The lowest BCUT2D eigenvalue weighted by molar-refractivity contribution is -0.144. The standard InChI is InChI=1S/C21H22N2O2/c1-15-21(16-7-3-2-4-8-16)25-12-11-23(15)20(24)13-17-14-22-19-10-6-5-9-18(17)19/h2-10,14-15,21-22H,11-13H2,1H3. The molecule has 1 N–H and O–H groups in total. The van der Waals surface area contributed by atoms with Crippen LogP contribution in [0.25, 0.3) is 10.9 Å². The predicted molar refractivity (Wildman–Crippen MR) is 98.3 cm³/mol. The topological polar surface area (TPSA) is 45.3 Å². The number of carbonyl (C=O) groups excluding carboxylic acids is 1. The number of carbonyl (C=O) groups is 1. The van der Waals surface area contributed by atoms with Gasteiger partial charge in [0, 0.05) is 23.6 Å². The number of aromatic nitrogens is 1. The highest BCUT2D eigenvalue weighted by Gasteiger charge is 2.32. The summed E-state index contributed by atoms with van der Waals surface area (Å²) in [5, 5.41) is 1.12. The van der Waals surface area contributed by atoms with Gasteiger partial charge in [-0.1, -0.05) is 48.5 Å². The number of ether oxygens (including phenoxy) is 1. The monoisotopic (exact) mass is 334 g/mol. The molecule has 0 saturated carbocycles. The zero-order valence-corrected chi connectivity index (χ0v) is 14.3. The number of nitrogens with one attached hydrogen (secondary N) is 1. The molecule has 1 aliphatic rings. The van der Waals surface area contributed by atoms with E-state index in [0.29, 0.717) is 19.6 Å². The Labute approximate surface area is 147 Å². The van der Waals surface area contributed by atoms with Crippen molar-refractivity contribution in [2.75, 3.05) is 13.2 Å². The number of hydrogen-bond acceptors (Lipinski definition) is 2. The van der Waals surface area contributed by atoms with Gasteiger partial charge < -0.3 is 14.6 Å². The Balaban J connectivity index is 1.53. The molecular weight excluding hydrogens is 312 g/mol. The first-order valence-corrected chi connectivity index (χ1v) is 8.75. The maximum Gasteiger partial charge on any atom is 0.227 e. The highest BCUT2D eigenvalue weighted by molar-refractivity contribution is 5.89. The summed E-state index contributed by atoms with van der Waals surface area (Å²) < 4.78 is 5.96. The smallest absolute Gasteiger partial charge is 0.227 e. The Morgan fingerprint density at radius 2 is 1.92 bits per heavy atom. The van der Waals surface area contributed by atoms with Crippen molar-refractivity contribution in [3.8, 4) is 0 Å². The fraction of sp³-hybridized carbons (Fsp3) is 0.286. The predicted octanol–water partition coefficient (Wildman–Crippen LogP) is 3.70. The van der Waals surface area contributed by atoms with Gasteiger partial charge >= 0.3 is 0 Å². The number of nitrogens with zero attached hydrogens (tertiary/aromatic N) is 1. The molecule has 4 nitrogen and oxygen atoms in total. The Kier molecular flexibility index (Phi) is 4.28. The van der Waals surface area contributed by atoms with Crippen molar-refractivity contribution in [3.05, 3.63) is 71.9 Å². The van der Waals surface area contributed by atoms with E-state index >= 15 is 0 Å². The van der Waals surface area contributed by atoms with Crippen molar-refractivity contribution in [1.82, 2.24) is 9.88 Å². The fourth-order valence-electron chi connectivity index (χ4n) is 3.70. The number of amides is 1. The maximum absolute atomic E-state index is 13.0. The van der Waals surface area contributed by atoms with E-state index in [2.05, 4.69) is 30.1 Å². The lowest BCUT2D eigenvalue weighted by Crippen LogP contribution is -2.49. The average Bonchev–Trinajstić information content (AvgIpc) is 3.05. The van der Waals surface area contributed by atoms with Crippen molar-refractivity contribution in [2.45, 2.75) is 25.5 Å². The van der Waals surface area contributed by atoms with Crippen LogP contribution in [0.15, 0.2) is 60.8 Å². The summed E-state index contributed by atoms with van der Waals surface area (Å²) >= 11 is 0. The fourth-order valence-corrected chi connectivity index (χ4v) is 3.70. The highest BCUT2D eigenvalue weighted by Crippen LogP contribution is 2.29. The highest BCUT2D eigenvalue weighted by atomic mass is 16.5. The van der Waals surface area contributed by atoms with Gasteiger partial charge in [-0.2, -0.15) is 0 Å². The number of para-hydroxylation sites is 1. The van der Waals surface area contributed by atoms with Crippen LogP contribution in [0.4, 0.5) is 0 Å². The van der Waals surface area contributed by atoms with E-state index in [9.17, 15) is 4.79 Å². The van der Waals surface area contributed by atoms with Crippen LogP contribution in [-0.2, 0) is 16.0 Å². The molecule has 0 radical (unpaired) electrons. The summed E-state index contributed by atoms with van der Waals surface area (Å²) in [6.07, 6.45) is 2.29. The van der Waals surface area contributed by atoms with Gasteiger partial charge in [0.25, 0.3) is 0 Å². The molecule has 3 aromatic rings. The molecule has 1 aliphatic heterocycles. The van der Waals surface area contributed by atoms with Crippen LogP contribution in [-0.4, -0.2) is 35.0 Å². The van der Waals surface area contributed by atoms with Crippen LogP contribution < -0.4 is 0 Å². The van der Waals surface area contributed by atoms with Gasteiger partial charge in [0.2, 0.25) is 5.91 Å². The summed E-state index contributed by atoms with van der Waals surface area (Å²) in [7, 11) is 0. The molecule has 0 spiro atoms. The Morgan fingerprint density at radius 1 is 1.16 bits per heavy atom. The molecule has 2 unspecified atom stereocenters. The third-order valence-corrected chi connectivity index (χ3v) is 5.02. The van der Waals surface area contributed by atoms with Crippen molar-refractivity contribution < 1.29 is 9.53 Å². The zero-order valence-electron chi connectivity index (χ0n) is 14.3. The first-order valence-electron chi connectivity index (χ1n) is 8.75. The van der Waals surface area contributed by atoms with Gasteiger partial charge in [-0.25, -0.2) is 0 Å². The SMILES string of the molecule is CC1C(c2ccccc2)OCCN1C(=O)Cc1c[nH]c2ccccc12. The zero-order chi connectivity index (χ0) is 17.2. The van der Waals surface area contributed by atoms with Crippen LogP contribution in [0, 0.1) is 0 Å². The second kappa shape index (κ2) is 6.73. The molecular formula is C21H22N2O2. The number of H-pyrrole nitrogens is 1. The minimum absolute atomic E-state index is 0.0221. The molecule has 2 aromatic carbocycles. The van der Waals surface area contributed by atoms with E-state index in [-0.39, 0.29) is 18.1 Å². The van der Waals surface area contributed by atoms with Crippen LogP contribution in [0.2, 0.25) is 0 Å². The number of hydrogen-bond donors (Lipinski definition) is 1. The summed E-state index contributed by atoms with van der Waals surface area (Å²) in [6, 6.07) is 18.3. The van der Waals surface area contributed by atoms with Crippen molar-refractivity contribution in [2.24, 2.45) is 0 Å². The molecule has 1 amide bonds. The summed E-state index contributed by atoms with van der Waals surface area (Å²) in [5.74, 6) is 0.154. The van der Waals surface area contributed by atoms with Crippen molar-refractivity contribution >= 4 is 16.8 Å². The quantitative estimate of drug-likeness (QED) is 0.794. The molecule has 1 aromatic heterocycles. The van der Waals surface area contributed by atoms with Crippen molar-refractivity contribution in [1.29, 1.82) is 0 Å².